The molecule has 0 aliphatic rings. The summed E-state index contributed by atoms with van der Waals surface area (Å²) in [5.41, 5.74) is 1.17. The molecule has 2 nitrogen and oxygen atoms in total. The van der Waals surface area contributed by atoms with Gasteiger partial charge in [-0.05, 0) is 24.8 Å². The maximum Gasteiger partial charge on any atom is 0.220 e. The second-order valence-corrected chi connectivity index (χ2v) is 8.88. The van der Waals surface area contributed by atoms with E-state index in [2.05, 4.69) is 38.2 Å². The molecular weight excluding hydrogens is 342 g/mol. The quantitative estimate of drug-likeness (QED) is 0.270. The zero-order valence-corrected chi connectivity index (χ0v) is 18.8. The summed E-state index contributed by atoms with van der Waals surface area (Å²) in [5.74, 6) is 1.05. The Labute approximate surface area is 174 Å². The van der Waals surface area contributed by atoms with Gasteiger partial charge in [0.25, 0.3) is 0 Å². The summed E-state index contributed by atoms with van der Waals surface area (Å²) in [7, 11) is 0. The fraction of sp³-hybridized carbons (Fsp3) is 0.731. The van der Waals surface area contributed by atoms with E-state index in [0.29, 0.717) is 6.42 Å². The summed E-state index contributed by atoms with van der Waals surface area (Å²) in [6, 6.07) is 10.3. The van der Waals surface area contributed by atoms with E-state index in [1.807, 2.05) is 18.2 Å². The van der Waals surface area contributed by atoms with Crippen LogP contribution in [0.3, 0.4) is 0 Å². The van der Waals surface area contributed by atoms with Gasteiger partial charge in [0.1, 0.15) is 0 Å². The number of hydrogen-bond acceptors (Lipinski definition) is 1. The van der Waals surface area contributed by atoms with E-state index in [-0.39, 0.29) is 11.9 Å². The third-order valence-electron chi connectivity index (χ3n) is 5.61. The molecule has 1 N–H and O–H groups in total. The minimum Gasteiger partial charge on any atom is -0.350 e. The Hall–Kier alpha value is -1.31. The maximum atomic E-state index is 12.1. The van der Waals surface area contributed by atoms with Gasteiger partial charge in [0.15, 0.2) is 0 Å². The lowest BCUT2D eigenvalue weighted by atomic mass is 10.0. The molecule has 1 unspecified atom stereocenters. The zero-order chi connectivity index (χ0) is 20.5. The van der Waals surface area contributed by atoms with Gasteiger partial charge in [-0.2, -0.15) is 0 Å². The molecule has 0 aliphatic heterocycles. The van der Waals surface area contributed by atoms with Crippen LogP contribution in [-0.4, -0.2) is 5.91 Å². The molecular formula is C26H45NO. The zero-order valence-electron chi connectivity index (χ0n) is 18.8. The second kappa shape index (κ2) is 16.6. The standard InChI is InChI=1S/C26H45NO/c1-23(2)19-15-12-10-8-6-4-5-7-9-11-13-18-22-26(28)27-24(3)25-20-16-14-17-21-25/h14,16-17,20-21,23-24H,4-13,15,18-19,22H2,1-3H3,(H,27,28). The molecule has 2 heteroatoms. The smallest absolute Gasteiger partial charge is 0.220 e. The van der Waals surface area contributed by atoms with Crippen LogP contribution in [0.2, 0.25) is 0 Å². The van der Waals surface area contributed by atoms with E-state index in [4.69, 9.17) is 0 Å². The number of rotatable bonds is 17. The molecule has 0 spiro atoms. The minimum absolute atomic E-state index is 0.101. The molecule has 0 fully saturated rings. The molecule has 1 atom stereocenters. The predicted molar refractivity (Wildman–Crippen MR) is 122 cm³/mol. The van der Waals surface area contributed by atoms with Crippen molar-refractivity contribution in [3.05, 3.63) is 35.9 Å². The molecule has 0 aromatic heterocycles. The van der Waals surface area contributed by atoms with E-state index in [9.17, 15) is 4.79 Å². The average molecular weight is 388 g/mol. The van der Waals surface area contributed by atoms with E-state index in [1.165, 1.54) is 82.6 Å². The van der Waals surface area contributed by atoms with Crippen molar-refractivity contribution in [3.63, 3.8) is 0 Å². The van der Waals surface area contributed by atoms with Crippen molar-refractivity contribution >= 4 is 5.91 Å². The van der Waals surface area contributed by atoms with Gasteiger partial charge < -0.3 is 5.32 Å². The maximum absolute atomic E-state index is 12.1. The Kier molecular flexibility index (Phi) is 14.7. The van der Waals surface area contributed by atoms with Gasteiger partial charge in [0.05, 0.1) is 6.04 Å². The van der Waals surface area contributed by atoms with Gasteiger partial charge in [-0.15, -0.1) is 0 Å². The second-order valence-electron chi connectivity index (χ2n) is 8.88. The largest absolute Gasteiger partial charge is 0.350 e. The van der Waals surface area contributed by atoms with Gasteiger partial charge in [0, 0.05) is 6.42 Å². The van der Waals surface area contributed by atoms with Crippen molar-refractivity contribution in [3.8, 4) is 0 Å². The van der Waals surface area contributed by atoms with Crippen LogP contribution < -0.4 is 5.32 Å². The van der Waals surface area contributed by atoms with Crippen LogP contribution in [0.25, 0.3) is 0 Å². The molecule has 0 heterocycles. The molecule has 160 valence electrons. The number of nitrogens with one attached hydrogen (secondary N) is 1. The van der Waals surface area contributed by atoms with E-state index in [1.54, 1.807) is 0 Å². The monoisotopic (exact) mass is 387 g/mol. The summed E-state index contributed by atoms with van der Waals surface area (Å²) in [6.07, 6.45) is 18.1. The highest BCUT2D eigenvalue weighted by atomic mass is 16.1. The van der Waals surface area contributed by atoms with E-state index in [0.717, 1.165) is 12.3 Å². The number of amides is 1. The molecule has 28 heavy (non-hydrogen) atoms. The number of hydrogen-bond donors (Lipinski definition) is 1. The first kappa shape index (κ1) is 24.7. The summed E-state index contributed by atoms with van der Waals surface area (Å²) in [4.78, 5) is 12.1. The minimum atomic E-state index is 0.101. The van der Waals surface area contributed by atoms with Gasteiger partial charge in [-0.1, -0.05) is 121 Å². The topological polar surface area (TPSA) is 29.1 Å². The Morgan fingerprint density at radius 1 is 0.714 bits per heavy atom. The van der Waals surface area contributed by atoms with Crippen LogP contribution in [-0.2, 0) is 4.79 Å². The van der Waals surface area contributed by atoms with Crippen LogP contribution in [0.1, 0.15) is 122 Å². The fourth-order valence-electron chi connectivity index (χ4n) is 3.74. The number of carbonyl (C=O) groups is 1. The molecule has 0 saturated carbocycles. The van der Waals surface area contributed by atoms with E-state index >= 15 is 0 Å². The molecule has 0 radical (unpaired) electrons. The van der Waals surface area contributed by atoms with Crippen molar-refractivity contribution in [1.82, 2.24) is 5.32 Å². The number of benzene rings is 1. The fourth-order valence-corrected chi connectivity index (χ4v) is 3.74. The third-order valence-corrected chi connectivity index (χ3v) is 5.61. The molecule has 0 saturated heterocycles. The van der Waals surface area contributed by atoms with Crippen LogP contribution >= 0.6 is 0 Å². The first-order chi connectivity index (χ1) is 13.6. The molecule has 1 aromatic rings. The van der Waals surface area contributed by atoms with Gasteiger partial charge >= 0.3 is 0 Å². The molecule has 1 amide bonds. The van der Waals surface area contributed by atoms with Crippen molar-refractivity contribution in [2.75, 3.05) is 0 Å². The lowest BCUT2D eigenvalue weighted by Crippen LogP contribution is -2.26. The first-order valence-electron chi connectivity index (χ1n) is 11.9. The predicted octanol–water partition coefficient (Wildman–Crippen LogP) is 7.98. The van der Waals surface area contributed by atoms with E-state index < -0.39 is 0 Å². The molecule has 0 bridgehead atoms. The summed E-state index contributed by atoms with van der Waals surface area (Å²) < 4.78 is 0. The highest BCUT2D eigenvalue weighted by Crippen LogP contribution is 2.15. The van der Waals surface area contributed by atoms with Crippen molar-refractivity contribution in [2.24, 2.45) is 5.92 Å². The van der Waals surface area contributed by atoms with Crippen molar-refractivity contribution < 1.29 is 4.79 Å². The Morgan fingerprint density at radius 2 is 1.18 bits per heavy atom. The van der Waals surface area contributed by atoms with Crippen LogP contribution in [0.4, 0.5) is 0 Å². The lowest BCUT2D eigenvalue weighted by Gasteiger charge is -2.14. The Balaban J connectivity index is 1.84. The first-order valence-corrected chi connectivity index (χ1v) is 11.9. The van der Waals surface area contributed by atoms with Crippen molar-refractivity contribution in [2.45, 2.75) is 117 Å². The van der Waals surface area contributed by atoms with Gasteiger partial charge in [0.2, 0.25) is 5.91 Å². The lowest BCUT2D eigenvalue weighted by molar-refractivity contribution is -0.121. The van der Waals surface area contributed by atoms with Crippen LogP contribution in [0.5, 0.6) is 0 Å². The molecule has 1 rings (SSSR count). The molecule has 1 aromatic carbocycles. The van der Waals surface area contributed by atoms with Crippen LogP contribution in [0.15, 0.2) is 30.3 Å². The van der Waals surface area contributed by atoms with Gasteiger partial charge in [-0.3, -0.25) is 4.79 Å². The number of carbonyl (C=O) groups excluding carboxylic acids is 1. The van der Waals surface area contributed by atoms with Crippen molar-refractivity contribution in [1.29, 1.82) is 0 Å². The highest BCUT2D eigenvalue weighted by molar-refractivity contribution is 5.76. The molecule has 0 aliphatic carbocycles. The Bertz CT molecular complexity index is 482. The van der Waals surface area contributed by atoms with Gasteiger partial charge in [-0.25, -0.2) is 0 Å². The van der Waals surface area contributed by atoms with Crippen LogP contribution in [0, 0.1) is 5.92 Å². The highest BCUT2D eigenvalue weighted by Gasteiger charge is 2.08. The average Bonchev–Trinajstić information content (AvgIpc) is 2.68. The summed E-state index contributed by atoms with van der Waals surface area (Å²) >= 11 is 0. The summed E-state index contributed by atoms with van der Waals surface area (Å²) in [5, 5.41) is 3.11. The normalized spacial score (nSPS) is 12.3. The Morgan fingerprint density at radius 3 is 1.68 bits per heavy atom. The SMILES string of the molecule is CC(C)CCCCCCCCCCCCCCC(=O)NC(C)c1ccccc1. The number of unbranched alkanes of at least 4 members (excludes halogenated alkanes) is 11. The summed E-state index contributed by atoms with van der Waals surface area (Å²) in [6.45, 7) is 6.70. The third kappa shape index (κ3) is 13.8.